The van der Waals surface area contributed by atoms with E-state index in [1.165, 1.54) is 23.0 Å². The van der Waals surface area contributed by atoms with E-state index in [4.69, 9.17) is 19.4 Å². The van der Waals surface area contributed by atoms with Gasteiger partial charge in [-0.2, -0.15) is 4.98 Å². The van der Waals surface area contributed by atoms with E-state index in [1.807, 2.05) is 0 Å². The summed E-state index contributed by atoms with van der Waals surface area (Å²) in [7, 11) is 2.33. The van der Waals surface area contributed by atoms with Gasteiger partial charge in [-0.1, -0.05) is 0 Å². The zero-order valence-corrected chi connectivity index (χ0v) is 19.6. The molecule has 32 heavy (non-hydrogen) atoms. The minimum atomic E-state index is -0.389. The summed E-state index contributed by atoms with van der Waals surface area (Å²) in [5.74, 6) is 3.18. The summed E-state index contributed by atoms with van der Waals surface area (Å²) >= 11 is 0. The number of ether oxygens (including phenoxy) is 2. The molecule has 0 bridgehead atoms. The lowest BCUT2D eigenvalue weighted by atomic mass is 10.1. The number of carbonyl (C=O) groups is 1. The minimum absolute atomic E-state index is 0.175. The maximum atomic E-state index is 12.3. The predicted octanol–water partition coefficient (Wildman–Crippen LogP) is 1.40. The van der Waals surface area contributed by atoms with Crippen LogP contribution >= 0.6 is 0 Å². The molecular formula is C22H29N6O3S+. The molecule has 3 aliphatic rings. The highest BCUT2D eigenvalue weighted by molar-refractivity contribution is 7.96. The molecule has 2 aromatic rings. The van der Waals surface area contributed by atoms with Crippen LogP contribution in [0, 0.1) is 6.92 Å². The van der Waals surface area contributed by atoms with Gasteiger partial charge in [0.25, 0.3) is 0 Å². The van der Waals surface area contributed by atoms with Crippen molar-refractivity contribution in [2.24, 2.45) is 0 Å². The largest absolute Gasteiger partial charge is 0.455 e. The number of anilines is 2. The standard InChI is InChI=1S/C22H29N6O3S/c1-14-23-10-15(11-24-14)21(29)31-17-12-28(13-17)22-25-18-6-9-32(3)19(18)20(26-22)27(2)16-4-7-30-8-5-16/h10-11,16-17H,4-9,12-13H2,1-3H3/q+1. The Morgan fingerprint density at radius 1 is 1.22 bits per heavy atom. The third-order valence-electron chi connectivity index (χ3n) is 6.39. The van der Waals surface area contributed by atoms with Crippen LogP contribution in [0.15, 0.2) is 17.3 Å². The molecule has 0 spiro atoms. The summed E-state index contributed by atoms with van der Waals surface area (Å²) in [6.45, 7) is 4.58. The third-order valence-corrected chi connectivity index (χ3v) is 8.33. The van der Waals surface area contributed by atoms with Gasteiger partial charge in [0.2, 0.25) is 10.8 Å². The van der Waals surface area contributed by atoms with Crippen LogP contribution in [0.4, 0.5) is 11.8 Å². The number of aryl methyl sites for hydroxylation is 2. The molecule has 9 nitrogen and oxygen atoms in total. The molecule has 0 aliphatic carbocycles. The molecule has 2 fully saturated rings. The van der Waals surface area contributed by atoms with Crippen molar-refractivity contribution in [2.75, 3.05) is 55.2 Å². The lowest BCUT2D eigenvalue weighted by molar-refractivity contribution is 0.0230. The molecule has 1 atom stereocenters. The molecule has 0 amide bonds. The van der Waals surface area contributed by atoms with E-state index in [-0.39, 0.29) is 23.0 Å². The van der Waals surface area contributed by atoms with Crippen molar-refractivity contribution in [3.05, 3.63) is 29.5 Å². The molecule has 5 heterocycles. The van der Waals surface area contributed by atoms with Crippen molar-refractivity contribution in [2.45, 2.75) is 43.2 Å². The zero-order valence-electron chi connectivity index (χ0n) is 18.8. The van der Waals surface area contributed by atoms with Crippen molar-refractivity contribution in [3.63, 3.8) is 0 Å². The number of fused-ring (bicyclic) bond motifs is 1. The van der Waals surface area contributed by atoms with Gasteiger partial charge in [0, 0.05) is 56.0 Å². The Hall–Kier alpha value is -2.46. The smallest absolute Gasteiger partial charge is 0.341 e. The van der Waals surface area contributed by atoms with Crippen molar-refractivity contribution in [3.8, 4) is 0 Å². The Labute approximate surface area is 190 Å². The molecule has 2 saturated heterocycles. The SMILES string of the molecule is Cc1ncc(C(=O)OC2CN(c3nc4c(c(N(C)C5CCOCC5)n3)[S+](C)CC4)C2)cn1. The highest BCUT2D eigenvalue weighted by atomic mass is 32.2. The normalized spacial score (nSPS) is 21.2. The van der Waals surface area contributed by atoms with Gasteiger partial charge in [-0.15, -0.1) is 0 Å². The fourth-order valence-corrected chi connectivity index (χ4v) is 6.12. The number of hydrogen-bond donors (Lipinski definition) is 0. The second-order valence-electron chi connectivity index (χ2n) is 8.62. The molecule has 2 aromatic heterocycles. The first-order valence-electron chi connectivity index (χ1n) is 11.1. The highest BCUT2D eigenvalue weighted by Gasteiger charge is 2.40. The van der Waals surface area contributed by atoms with Crippen molar-refractivity contribution < 1.29 is 14.3 Å². The number of rotatable bonds is 5. The molecule has 0 saturated carbocycles. The summed E-state index contributed by atoms with van der Waals surface area (Å²) in [5.41, 5.74) is 1.55. The average Bonchev–Trinajstić information content (AvgIpc) is 3.16. The van der Waals surface area contributed by atoms with Crippen LogP contribution in [0.1, 0.15) is 34.7 Å². The Morgan fingerprint density at radius 2 is 1.94 bits per heavy atom. The van der Waals surface area contributed by atoms with Gasteiger partial charge in [0.1, 0.15) is 29.6 Å². The second-order valence-corrected chi connectivity index (χ2v) is 10.7. The average molecular weight is 458 g/mol. The van der Waals surface area contributed by atoms with Crippen LogP contribution in [0.25, 0.3) is 0 Å². The molecule has 5 rings (SSSR count). The van der Waals surface area contributed by atoms with E-state index in [9.17, 15) is 4.79 Å². The summed E-state index contributed by atoms with van der Waals surface area (Å²) in [6, 6.07) is 0.440. The number of carbonyl (C=O) groups excluding carboxylic acids is 1. The molecule has 3 aliphatic heterocycles. The molecule has 10 heteroatoms. The van der Waals surface area contributed by atoms with Gasteiger partial charge in [0.05, 0.1) is 18.7 Å². The van der Waals surface area contributed by atoms with Crippen molar-refractivity contribution in [1.29, 1.82) is 0 Å². The number of esters is 1. The molecule has 170 valence electrons. The number of hydrogen-bond acceptors (Lipinski definition) is 9. The fraction of sp³-hybridized carbons (Fsp3) is 0.591. The monoisotopic (exact) mass is 457 g/mol. The van der Waals surface area contributed by atoms with E-state index in [2.05, 4.69) is 33.1 Å². The van der Waals surface area contributed by atoms with E-state index in [0.717, 1.165) is 50.0 Å². The van der Waals surface area contributed by atoms with Crippen LogP contribution in [0.5, 0.6) is 0 Å². The van der Waals surface area contributed by atoms with Gasteiger partial charge in [-0.25, -0.2) is 19.7 Å². The Bertz CT molecular complexity index is 992. The Morgan fingerprint density at radius 3 is 2.66 bits per heavy atom. The Kier molecular flexibility index (Phi) is 5.90. The van der Waals surface area contributed by atoms with E-state index >= 15 is 0 Å². The highest BCUT2D eigenvalue weighted by Crippen LogP contribution is 2.36. The molecule has 0 aromatic carbocycles. The summed E-state index contributed by atoms with van der Waals surface area (Å²) < 4.78 is 11.2. The van der Waals surface area contributed by atoms with Gasteiger partial charge >= 0.3 is 5.97 Å². The molecule has 0 N–H and O–H groups in total. The minimum Gasteiger partial charge on any atom is -0.455 e. The summed E-state index contributed by atoms with van der Waals surface area (Å²) in [6.07, 6.45) is 8.16. The van der Waals surface area contributed by atoms with Gasteiger partial charge < -0.3 is 19.3 Å². The van der Waals surface area contributed by atoms with Crippen LogP contribution in [-0.4, -0.2) is 83.4 Å². The number of nitrogens with zero attached hydrogens (tertiary/aromatic N) is 6. The number of aromatic nitrogens is 4. The Balaban J connectivity index is 1.29. The van der Waals surface area contributed by atoms with Gasteiger partial charge in [0.15, 0.2) is 5.82 Å². The van der Waals surface area contributed by atoms with Crippen LogP contribution in [-0.2, 0) is 26.8 Å². The molecule has 1 unspecified atom stereocenters. The quantitative estimate of drug-likeness (QED) is 0.488. The topological polar surface area (TPSA) is 93.6 Å². The van der Waals surface area contributed by atoms with Gasteiger partial charge in [-0.3, -0.25) is 0 Å². The predicted molar refractivity (Wildman–Crippen MR) is 123 cm³/mol. The molecule has 0 radical (unpaired) electrons. The first kappa shape index (κ1) is 21.4. The van der Waals surface area contributed by atoms with E-state index in [0.29, 0.717) is 30.5 Å². The zero-order chi connectivity index (χ0) is 22.2. The van der Waals surface area contributed by atoms with Crippen LogP contribution < -0.4 is 9.80 Å². The molecular weight excluding hydrogens is 428 g/mol. The van der Waals surface area contributed by atoms with Gasteiger partial charge in [-0.05, 0) is 19.8 Å². The summed E-state index contributed by atoms with van der Waals surface area (Å²) in [5, 5.41) is 0. The van der Waals surface area contributed by atoms with Crippen molar-refractivity contribution in [1.82, 2.24) is 19.9 Å². The fourth-order valence-electron chi connectivity index (χ4n) is 4.37. The lowest BCUT2D eigenvalue weighted by Gasteiger charge is -2.39. The van der Waals surface area contributed by atoms with E-state index in [1.54, 1.807) is 6.92 Å². The van der Waals surface area contributed by atoms with Crippen molar-refractivity contribution >= 4 is 28.6 Å². The van der Waals surface area contributed by atoms with Crippen LogP contribution in [0.3, 0.4) is 0 Å². The third kappa shape index (κ3) is 4.13. The second kappa shape index (κ2) is 8.82. The first-order chi connectivity index (χ1) is 15.5. The maximum absolute atomic E-state index is 12.3. The lowest BCUT2D eigenvalue weighted by Crippen LogP contribution is -2.54. The maximum Gasteiger partial charge on any atom is 0.341 e. The summed E-state index contributed by atoms with van der Waals surface area (Å²) in [4.78, 5) is 36.2. The first-order valence-corrected chi connectivity index (χ1v) is 12.9. The van der Waals surface area contributed by atoms with E-state index < -0.39 is 0 Å². The van der Waals surface area contributed by atoms with Crippen LogP contribution in [0.2, 0.25) is 0 Å².